The second-order valence-electron chi connectivity index (χ2n) is 4.43. The van der Waals surface area contributed by atoms with E-state index in [2.05, 4.69) is 27.7 Å². The lowest BCUT2D eigenvalue weighted by molar-refractivity contribution is 0.343. The summed E-state index contributed by atoms with van der Waals surface area (Å²) in [5, 5.41) is 0.886. The zero-order valence-corrected chi connectivity index (χ0v) is 12.4. The van der Waals surface area contributed by atoms with Crippen LogP contribution in [0.15, 0.2) is 28.7 Å². The normalized spacial score (nSPS) is 17.0. The van der Waals surface area contributed by atoms with Crippen molar-refractivity contribution in [2.45, 2.75) is 37.4 Å². The minimum atomic E-state index is 0.822. The van der Waals surface area contributed by atoms with E-state index in [1.165, 1.54) is 32.1 Å². The molecule has 0 aromatic heterocycles. The molecule has 0 aliphatic heterocycles. The fourth-order valence-corrected chi connectivity index (χ4v) is 3.58. The van der Waals surface area contributed by atoms with Gasteiger partial charge in [-0.25, -0.2) is 0 Å². The average molecular weight is 315 g/mol. The summed E-state index contributed by atoms with van der Waals surface area (Å²) in [6.45, 7) is 0.822. The van der Waals surface area contributed by atoms with Gasteiger partial charge in [0.1, 0.15) is 5.75 Å². The summed E-state index contributed by atoms with van der Waals surface area (Å²) in [5.41, 5.74) is 0. The van der Waals surface area contributed by atoms with Crippen molar-refractivity contribution in [1.82, 2.24) is 0 Å². The second kappa shape index (κ2) is 7.32. The van der Waals surface area contributed by atoms with Gasteiger partial charge >= 0.3 is 0 Å². The number of thioether (sulfide) groups is 1. The Kier molecular flexibility index (Phi) is 5.72. The zero-order chi connectivity index (χ0) is 11.9. The predicted octanol–water partition coefficient (Wildman–Crippen LogP) is 4.89. The van der Waals surface area contributed by atoms with Crippen molar-refractivity contribution >= 4 is 27.7 Å². The van der Waals surface area contributed by atoms with Crippen LogP contribution in [0.2, 0.25) is 0 Å². The molecular weight excluding hydrogens is 296 g/mol. The van der Waals surface area contributed by atoms with E-state index in [4.69, 9.17) is 4.74 Å². The van der Waals surface area contributed by atoms with Gasteiger partial charge in [-0.05, 0) is 37.1 Å². The van der Waals surface area contributed by atoms with Gasteiger partial charge in [0, 0.05) is 15.5 Å². The molecule has 0 radical (unpaired) electrons. The molecule has 0 saturated heterocycles. The molecule has 1 aromatic rings. The first-order valence-electron chi connectivity index (χ1n) is 6.34. The molecule has 0 unspecified atom stereocenters. The Bertz CT molecular complexity index is 319. The summed E-state index contributed by atoms with van der Waals surface area (Å²) in [6, 6.07) is 8.05. The molecule has 1 aliphatic carbocycles. The van der Waals surface area contributed by atoms with Crippen molar-refractivity contribution in [2.24, 2.45) is 0 Å². The molecule has 1 aliphatic rings. The molecule has 0 spiro atoms. The molecule has 0 heterocycles. The molecule has 1 saturated carbocycles. The third-order valence-corrected chi connectivity index (χ3v) is 4.95. The minimum absolute atomic E-state index is 0.822. The highest BCUT2D eigenvalue weighted by atomic mass is 79.9. The van der Waals surface area contributed by atoms with Crippen molar-refractivity contribution in [3.63, 3.8) is 0 Å². The van der Waals surface area contributed by atoms with E-state index >= 15 is 0 Å². The van der Waals surface area contributed by atoms with Crippen LogP contribution >= 0.6 is 27.7 Å². The van der Waals surface area contributed by atoms with Gasteiger partial charge in [-0.15, -0.1) is 0 Å². The van der Waals surface area contributed by atoms with Crippen LogP contribution in [0, 0.1) is 0 Å². The van der Waals surface area contributed by atoms with Gasteiger partial charge < -0.3 is 4.74 Å². The lowest BCUT2D eigenvalue weighted by Crippen LogP contribution is -2.11. The van der Waals surface area contributed by atoms with Crippen molar-refractivity contribution in [3.8, 4) is 5.75 Å². The van der Waals surface area contributed by atoms with Crippen LogP contribution in [0.3, 0.4) is 0 Å². The van der Waals surface area contributed by atoms with E-state index in [-0.39, 0.29) is 0 Å². The van der Waals surface area contributed by atoms with E-state index in [1.807, 2.05) is 24.3 Å². The van der Waals surface area contributed by atoms with Crippen LogP contribution in [-0.2, 0) is 0 Å². The average Bonchev–Trinajstić information content (AvgIpc) is 2.38. The topological polar surface area (TPSA) is 9.23 Å². The predicted molar refractivity (Wildman–Crippen MR) is 79.0 cm³/mol. The van der Waals surface area contributed by atoms with Gasteiger partial charge in [0.2, 0.25) is 0 Å². The van der Waals surface area contributed by atoms with E-state index in [0.717, 1.165) is 27.8 Å². The Labute approximate surface area is 116 Å². The maximum Gasteiger partial charge on any atom is 0.119 e. The smallest absolute Gasteiger partial charge is 0.119 e. The Balaban J connectivity index is 1.60. The first kappa shape index (κ1) is 13.3. The quantitative estimate of drug-likeness (QED) is 0.715. The zero-order valence-electron chi connectivity index (χ0n) is 10.0. The van der Waals surface area contributed by atoms with Crippen molar-refractivity contribution in [3.05, 3.63) is 28.7 Å². The van der Waals surface area contributed by atoms with Crippen molar-refractivity contribution in [1.29, 1.82) is 0 Å². The van der Waals surface area contributed by atoms with Crippen LogP contribution in [0.1, 0.15) is 32.1 Å². The van der Waals surface area contributed by atoms with E-state index in [9.17, 15) is 0 Å². The molecule has 2 rings (SSSR count). The molecule has 1 fully saturated rings. The number of hydrogen-bond acceptors (Lipinski definition) is 2. The van der Waals surface area contributed by atoms with E-state index in [0.29, 0.717) is 0 Å². The van der Waals surface area contributed by atoms with Crippen LogP contribution in [0.25, 0.3) is 0 Å². The van der Waals surface area contributed by atoms with Crippen LogP contribution in [0.4, 0.5) is 0 Å². The summed E-state index contributed by atoms with van der Waals surface area (Å²) in [7, 11) is 0. The number of benzene rings is 1. The number of halogens is 1. The molecule has 3 heteroatoms. The first-order valence-corrected chi connectivity index (χ1v) is 8.19. The SMILES string of the molecule is Brc1ccc(OCCSC2CCCCC2)cc1. The molecule has 1 nitrogen and oxygen atoms in total. The third kappa shape index (κ3) is 4.92. The standard InChI is InChI=1S/C14H19BrOS/c15-12-6-8-13(9-7-12)16-10-11-17-14-4-2-1-3-5-14/h6-9,14H,1-5,10-11H2. The number of ether oxygens (including phenoxy) is 1. The van der Waals surface area contributed by atoms with Crippen LogP contribution in [0.5, 0.6) is 5.75 Å². The molecule has 0 bridgehead atoms. The summed E-state index contributed by atoms with van der Waals surface area (Å²) in [6.07, 6.45) is 7.09. The van der Waals surface area contributed by atoms with Gasteiger partial charge in [0.05, 0.1) is 6.61 Å². The van der Waals surface area contributed by atoms with Gasteiger partial charge in [0.15, 0.2) is 0 Å². The van der Waals surface area contributed by atoms with Crippen molar-refractivity contribution in [2.75, 3.05) is 12.4 Å². The molecule has 94 valence electrons. The second-order valence-corrected chi connectivity index (χ2v) is 6.76. The molecular formula is C14H19BrOS. The third-order valence-electron chi connectivity index (χ3n) is 3.07. The lowest BCUT2D eigenvalue weighted by atomic mass is 10.0. The molecule has 0 atom stereocenters. The highest BCUT2D eigenvalue weighted by Gasteiger charge is 2.13. The minimum Gasteiger partial charge on any atom is -0.493 e. The summed E-state index contributed by atoms with van der Waals surface area (Å²) in [4.78, 5) is 0. The fraction of sp³-hybridized carbons (Fsp3) is 0.571. The monoisotopic (exact) mass is 314 g/mol. The Morgan fingerprint density at radius 3 is 2.53 bits per heavy atom. The number of hydrogen-bond donors (Lipinski definition) is 0. The van der Waals surface area contributed by atoms with Gasteiger partial charge in [0.25, 0.3) is 0 Å². The Morgan fingerprint density at radius 2 is 1.82 bits per heavy atom. The first-order chi connectivity index (χ1) is 8.34. The highest BCUT2D eigenvalue weighted by Crippen LogP contribution is 2.28. The maximum absolute atomic E-state index is 5.71. The van der Waals surface area contributed by atoms with Gasteiger partial charge in [-0.2, -0.15) is 11.8 Å². The van der Waals surface area contributed by atoms with Crippen LogP contribution in [-0.4, -0.2) is 17.6 Å². The maximum atomic E-state index is 5.71. The summed E-state index contributed by atoms with van der Waals surface area (Å²) >= 11 is 5.51. The van der Waals surface area contributed by atoms with E-state index < -0.39 is 0 Å². The summed E-state index contributed by atoms with van der Waals surface area (Å²) < 4.78 is 6.81. The lowest BCUT2D eigenvalue weighted by Gasteiger charge is -2.20. The molecule has 0 amide bonds. The van der Waals surface area contributed by atoms with Gasteiger partial charge in [-0.3, -0.25) is 0 Å². The Morgan fingerprint density at radius 1 is 1.12 bits per heavy atom. The fourth-order valence-electron chi connectivity index (χ4n) is 2.14. The number of rotatable bonds is 5. The van der Waals surface area contributed by atoms with Crippen molar-refractivity contribution < 1.29 is 4.74 Å². The largest absolute Gasteiger partial charge is 0.493 e. The van der Waals surface area contributed by atoms with E-state index in [1.54, 1.807) is 0 Å². The molecule has 0 N–H and O–H groups in total. The van der Waals surface area contributed by atoms with Crippen LogP contribution < -0.4 is 4.74 Å². The molecule has 1 aromatic carbocycles. The van der Waals surface area contributed by atoms with Gasteiger partial charge in [-0.1, -0.05) is 35.2 Å². The molecule has 17 heavy (non-hydrogen) atoms. The summed E-state index contributed by atoms with van der Waals surface area (Å²) in [5.74, 6) is 2.08. The highest BCUT2D eigenvalue weighted by molar-refractivity contribution is 9.10. The Hall–Kier alpha value is -0.150.